The predicted molar refractivity (Wildman–Crippen MR) is 268 cm³/mol. The Morgan fingerprint density at radius 1 is 0.484 bits per heavy atom. The highest BCUT2D eigenvalue weighted by Crippen LogP contribution is 2.43. The summed E-state index contributed by atoms with van der Waals surface area (Å²) in [4.78, 5) is 33.7. The third-order valence-electron chi connectivity index (χ3n) is 12.3. The Kier molecular flexibility index (Phi) is 48.6. The van der Waals surface area contributed by atoms with Crippen LogP contribution >= 0.6 is 7.82 Å². The van der Waals surface area contributed by atoms with E-state index in [9.17, 15) is 19.0 Å². The number of hydrogen-bond acceptors (Lipinski definition) is 8. The lowest BCUT2D eigenvalue weighted by molar-refractivity contribution is -0.154. The zero-order chi connectivity index (χ0) is 46.9. The first kappa shape index (κ1) is 62.7. The summed E-state index contributed by atoms with van der Waals surface area (Å²) < 4.78 is 33.6. The molecule has 0 bridgehead atoms. The third kappa shape index (κ3) is 48.6. The molecular formula is C53H104NO9P. The summed E-state index contributed by atoms with van der Waals surface area (Å²) in [6.45, 7) is 3.95. The molecule has 0 heterocycles. The van der Waals surface area contributed by atoms with Crippen LogP contribution in [-0.2, 0) is 32.7 Å². The minimum Gasteiger partial charge on any atom is -0.480 e. The molecule has 4 N–H and O–H groups in total. The predicted octanol–water partition coefficient (Wildman–Crippen LogP) is 16.1. The first-order valence-electron chi connectivity index (χ1n) is 27.2. The number of esters is 1. The van der Waals surface area contributed by atoms with E-state index >= 15 is 0 Å². The number of rotatable bonds is 53. The van der Waals surface area contributed by atoms with E-state index in [1.165, 1.54) is 218 Å². The lowest BCUT2D eigenvalue weighted by Gasteiger charge is -2.20. The van der Waals surface area contributed by atoms with Gasteiger partial charge in [-0.1, -0.05) is 244 Å². The standard InChI is InChI=1S/C53H104NO9P/c1-3-5-7-9-11-13-15-17-19-21-23-25-26-27-29-31-33-35-37-39-41-43-45-52(55)63-50(48-61-64(58,59)62-49-51(54)53(56)57)47-60-46-44-42-40-38-36-34-32-30-28-24-22-20-18-16-14-12-10-8-6-4-2/h18,20,50-51H,3-17,19,21-49,54H2,1-2H3,(H,56,57)(H,58,59)/b20-18-. The molecule has 11 heteroatoms. The lowest BCUT2D eigenvalue weighted by Crippen LogP contribution is -2.34. The minimum absolute atomic E-state index is 0.0225. The van der Waals surface area contributed by atoms with Gasteiger partial charge in [-0.2, -0.15) is 0 Å². The average Bonchev–Trinajstić information content (AvgIpc) is 3.28. The van der Waals surface area contributed by atoms with E-state index < -0.39 is 45.1 Å². The molecule has 64 heavy (non-hydrogen) atoms. The number of allylic oxidation sites excluding steroid dienone is 2. The van der Waals surface area contributed by atoms with Crippen LogP contribution < -0.4 is 5.73 Å². The van der Waals surface area contributed by atoms with E-state index in [4.69, 9.17) is 29.4 Å². The van der Waals surface area contributed by atoms with Crippen LogP contribution in [0.5, 0.6) is 0 Å². The molecule has 0 aliphatic heterocycles. The molecule has 0 saturated carbocycles. The summed E-state index contributed by atoms with van der Waals surface area (Å²) in [5, 5.41) is 8.94. The molecule has 0 aromatic heterocycles. The van der Waals surface area contributed by atoms with Crippen molar-refractivity contribution in [1.82, 2.24) is 0 Å². The van der Waals surface area contributed by atoms with Crippen LogP contribution in [0.4, 0.5) is 0 Å². The van der Waals surface area contributed by atoms with Crippen molar-refractivity contribution in [3.8, 4) is 0 Å². The molecule has 0 radical (unpaired) electrons. The van der Waals surface area contributed by atoms with Crippen LogP contribution in [0.25, 0.3) is 0 Å². The number of phosphoric ester groups is 1. The fourth-order valence-electron chi connectivity index (χ4n) is 8.07. The third-order valence-corrected chi connectivity index (χ3v) is 13.2. The SMILES string of the molecule is CCCCCCCC/C=C\CCCCCCCCCCCCOCC(COP(=O)(O)OCC(N)C(=O)O)OC(=O)CCCCCCCCCCCCCCCCCCCCCCCC. The Morgan fingerprint density at radius 3 is 1.19 bits per heavy atom. The molecule has 380 valence electrons. The molecule has 3 unspecified atom stereocenters. The Balaban J connectivity index is 4.06. The molecule has 0 spiro atoms. The summed E-state index contributed by atoms with van der Waals surface area (Å²) >= 11 is 0. The first-order chi connectivity index (χ1) is 31.2. The molecule has 0 saturated heterocycles. The molecule has 0 amide bonds. The number of nitrogens with two attached hydrogens (primary N) is 1. The molecule has 0 aromatic carbocycles. The lowest BCUT2D eigenvalue weighted by atomic mass is 10.0. The number of carbonyl (C=O) groups excluding carboxylic acids is 1. The van der Waals surface area contributed by atoms with Gasteiger partial charge in [0.2, 0.25) is 0 Å². The van der Waals surface area contributed by atoms with E-state index in [2.05, 4.69) is 26.0 Å². The number of phosphoric acid groups is 1. The Hall–Kier alpha value is -1.29. The van der Waals surface area contributed by atoms with Gasteiger partial charge in [0.25, 0.3) is 0 Å². The van der Waals surface area contributed by atoms with Crippen LogP contribution in [0.2, 0.25) is 0 Å². The van der Waals surface area contributed by atoms with E-state index in [1.807, 2.05) is 0 Å². The fourth-order valence-corrected chi connectivity index (χ4v) is 8.85. The van der Waals surface area contributed by atoms with Gasteiger partial charge in [-0.15, -0.1) is 0 Å². The molecule has 0 aliphatic rings. The largest absolute Gasteiger partial charge is 0.480 e. The first-order valence-corrected chi connectivity index (χ1v) is 28.7. The molecule has 10 nitrogen and oxygen atoms in total. The van der Waals surface area contributed by atoms with Gasteiger partial charge in [0, 0.05) is 13.0 Å². The van der Waals surface area contributed by atoms with E-state index in [-0.39, 0.29) is 13.0 Å². The Bertz CT molecular complexity index is 1080. The van der Waals surface area contributed by atoms with Gasteiger partial charge in [-0.25, -0.2) is 4.57 Å². The molecular weight excluding hydrogens is 826 g/mol. The zero-order valence-corrected chi connectivity index (χ0v) is 42.8. The number of carbonyl (C=O) groups is 2. The molecule has 0 aliphatic carbocycles. The van der Waals surface area contributed by atoms with Gasteiger partial charge in [-0.3, -0.25) is 18.6 Å². The van der Waals surface area contributed by atoms with Crippen LogP contribution in [0.1, 0.15) is 277 Å². The normalized spacial score (nSPS) is 13.7. The number of ether oxygens (including phenoxy) is 2. The van der Waals surface area contributed by atoms with Crippen molar-refractivity contribution >= 4 is 19.8 Å². The maximum absolute atomic E-state index is 12.7. The van der Waals surface area contributed by atoms with Crippen LogP contribution in [0.15, 0.2) is 12.2 Å². The smallest absolute Gasteiger partial charge is 0.472 e. The maximum Gasteiger partial charge on any atom is 0.472 e. The van der Waals surface area contributed by atoms with E-state index in [0.29, 0.717) is 6.61 Å². The minimum atomic E-state index is -4.62. The Morgan fingerprint density at radius 2 is 0.812 bits per heavy atom. The van der Waals surface area contributed by atoms with Crippen molar-refractivity contribution in [2.75, 3.05) is 26.4 Å². The van der Waals surface area contributed by atoms with Crippen LogP contribution in [0, 0.1) is 0 Å². The van der Waals surface area contributed by atoms with Gasteiger partial charge in [-0.05, 0) is 38.5 Å². The second-order valence-electron chi connectivity index (χ2n) is 18.7. The van der Waals surface area contributed by atoms with Crippen molar-refractivity contribution < 1.29 is 42.7 Å². The fraction of sp³-hybridized carbons (Fsp3) is 0.925. The van der Waals surface area contributed by atoms with Gasteiger partial charge < -0.3 is 25.2 Å². The topological polar surface area (TPSA) is 155 Å². The summed E-state index contributed by atoms with van der Waals surface area (Å²) in [6, 6.07) is -1.47. The number of hydrogen-bond donors (Lipinski definition) is 3. The van der Waals surface area contributed by atoms with Gasteiger partial charge >= 0.3 is 19.8 Å². The van der Waals surface area contributed by atoms with E-state index in [0.717, 1.165) is 38.5 Å². The highest BCUT2D eigenvalue weighted by Gasteiger charge is 2.27. The van der Waals surface area contributed by atoms with Crippen molar-refractivity contribution in [3.05, 3.63) is 12.2 Å². The molecule has 0 rings (SSSR count). The van der Waals surface area contributed by atoms with E-state index in [1.54, 1.807) is 0 Å². The van der Waals surface area contributed by atoms with Crippen molar-refractivity contribution in [3.63, 3.8) is 0 Å². The second kappa shape index (κ2) is 49.6. The Labute approximate surface area is 394 Å². The highest BCUT2D eigenvalue weighted by molar-refractivity contribution is 7.47. The summed E-state index contributed by atoms with van der Waals surface area (Å²) in [5.74, 6) is -1.76. The summed E-state index contributed by atoms with van der Waals surface area (Å²) in [7, 11) is -4.62. The zero-order valence-electron chi connectivity index (χ0n) is 41.9. The number of carboxylic acids is 1. The van der Waals surface area contributed by atoms with Crippen molar-refractivity contribution in [2.24, 2.45) is 5.73 Å². The number of aliphatic carboxylic acids is 1. The maximum atomic E-state index is 12.7. The average molecular weight is 930 g/mol. The highest BCUT2D eigenvalue weighted by atomic mass is 31.2. The van der Waals surface area contributed by atoms with Crippen LogP contribution in [-0.4, -0.2) is 60.5 Å². The molecule has 0 aromatic rings. The number of carboxylic acid groups (broad SMARTS) is 1. The monoisotopic (exact) mass is 930 g/mol. The quantitative estimate of drug-likeness (QED) is 0.0232. The summed E-state index contributed by atoms with van der Waals surface area (Å²) in [6.07, 6.45) is 55.6. The summed E-state index contributed by atoms with van der Waals surface area (Å²) in [5.41, 5.74) is 5.38. The number of unbranched alkanes of at least 4 members (excludes halogenated alkanes) is 37. The van der Waals surface area contributed by atoms with Gasteiger partial charge in [0.05, 0.1) is 19.8 Å². The van der Waals surface area contributed by atoms with Crippen molar-refractivity contribution in [1.29, 1.82) is 0 Å². The molecule has 3 atom stereocenters. The second-order valence-corrected chi connectivity index (χ2v) is 20.2. The van der Waals surface area contributed by atoms with Crippen molar-refractivity contribution in [2.45, 2.75) is 289 Å². The van der Waals surface area contributed by atoms with Gasteiger partial charge in [0.1, 0.15) is 12.1 Å². The molecule has 0 fully saturated rings. The van der Waals surface area contributed by atoms with Gasteiger partial charge in [0.15, 0.2) is 0 Å². The van der Waals surface area contributed by atoms with Crippen LogP contribution in [0.3, 0.4) is 0 Å².